The lowest BCUT2D eigenvalue weighted by Gasteiger charge is -2.31. The van der Waals surface area contributed by atoms with Gasteiger partial charge in [-0.3, -0.25) is 14.5 Å². The predicted molar refractivity (Wildman–Crippen MR) is 87.7 cm³/mol. The number of aliphatic hydroxyl groups excluding tert-OH is 1. The van der Waals surface area contributed by atoms with Crippen molar-refractivity contribution in [2.45, 2.75) is 37.4 Å². The quantitative estimate of drug-likeness (QED) is 0.698. The number of hydrogen-bond acceptors (Lipinski definition) is 4. The van der Waals surface area contributed by atoms with Gasteiger partial charge in [-0.1, -0.05) is 6.07 Å². The fraction of sp³-hybridized carbons (Fsp3) is 0.647. The highest BCUT2D eigenvalue weighted by atomic mass is 19.4. The number of fused-ring (bicyclic) bond motifs is 3. The second kappa shape index (κ2) is 7.63. The molecule has 0 radical (unpaired) electrons. The Balaban J connectivity index is 1.95. The maximum absolute atomic E-state index is 12.8. The standard InChI is InChI=1S/C17H19F6N3O3/c18-16(19,20)4-5-25-13-9(6-26-11(13)2-1-3-12(26)28)10(7-27)14(25)15(29)24-8-17(21,22)23/h1-3,9-10,13-14,27H,4-8H2,(H,24,29)/t9-,10-,13+,14-/m1/s1. The molecule has 12 heteroatoms. The molecule has 1 amide bonds. The van der Waals surface area contributed by atoms with Crippen LogP contribution >= 0.6 is 0 Å². The van der Waals surface area contributed by atoms with Crippen LogP contribution in [-0.4, -0.2) is 58.6 Å². The van der Waals surface area contributed by atoms with Crippen LogP contribution in [-0.2, 0) is 11.3 Å². The predicted octanol–water partition coefficient (Wildman–Crippen LogP) is 1.44. The molecule has 29 heavy (non-hydrogen) atoms. The van der Waals surface area contributed by atoms with Crippen molar-refractivity contribution in [2.75, 3.05) is 19.7 Å². The minimum Gasteiger partial charge on any atom is -0.396 e. The zero-order chi connectivity index (χ0) is 21.6. The van der Waals surface area contributed by atoms with Gasteiger partial charge in [-0.2, -0.15) is 26.3 Å². The van der Waals surface area contributed by atoms with Crippen molar-refractivity contribution in [3.8, 4) is 0 Å². The monoisotopic (exact) mass is 427 g/mol. The Morgan fingerprint density at radius 3 is 2.45 bits per heavy atom. The van der Waals surface area contributed by atoms with E-state index in [4.69, 9.17) is 0 Å². The lowest BCUT2D eigenvalue weighted by Crippen LogP contribution is -2.50. The maximum Gasteiger partial charge on any atom is 0.405 e. The van der Waals surface area contributed by atoms with E-state index in [-0.39, 0.29) is 12.1 Å². The topological polar surface area (TPSA) is 74.6 Å². The van der Waals surface area contributed by atoms with Gasteiger partial charge in [0, 0.05) is 43.3 Å². The number of alkyl halides is 6. The van der Waals surface area contributed by atoms with Crippen LogP contribution in [0.5, 0.6) is 0 Å². The molecule has 162 valence electrons. The zero-order valence-electron chi connectivity index (χ0n) is 15.0. The highest BCUT2D eigenvalue weighted by Gasteiger charge is 2.56. The molecule has 0 unspecified atom stereocenters. The Morgan fingerprint density at radius 2 is 1.86 bits per heavy atom. The van der Waals surface area contributed by atoms with Gasteiger partial charge in [0.2, 0.25) is 5.91 Å². The molecule has 1 aromatic rings. The normalized spacial score (nSPS) is 27.0. The Morgan fingerprint density at radius 1 is 1.17 bits per heavy atom. The van der Waals surface area contributed by atoms with E-state index in [9.17, 15) is 41.0 Å². The molecular formula is C17H19F6N3O3. The number of aromatic nitrogens is 1. The summed E-state index contributed by atoms with van der Waals surface area (Å²) < 4.78 is 77.4. The molecular weight excluding hydrogens is 408 g/mol. The summed E-state index contributed by atoms with van der Waals surface area (Å²) in [7, 11) is 0. The van der Waals surface area contributed by atoms with Crippen molar-refractivity contribution < 1.29 is 36.2 Å². The third-order valence-corrected chi connectivity index (χ3v) is 5.45. The van der Waals surface area contributed by atoms with Gasteiger partial charge in [0.25, 0.3) is 5.56 Å². The van der Waals surface area contributed by atoms with E-state index in [0.29, 0.717) is 5.69 Å². The van der Waals surface area contributed by atoms with Crippen molar-refractivity contribution in [3.05, 3.63) is 34.2 Å². The minimum absolute atomic E-state index is 0.0659. The Kier molecular flexibility index (Phi) is 5.69. The number of likely N-dealkylation sites (tertiary alicyclic amines) is 1. The van der Waals surface area contributed by atoms with Crippen LogP contribution in [0.2, 0.25) is 0 Å². The number of aliphatic hydroxyl groups is 1. The lowest BCUT2D eigenvalue weighted by atomic mass is 9.88. The molecule has 0 saturated carbocycles. The molecule has 4 atom stereocenters. The summed E-state index contributed by atoms with van der Waals surface area (Å²) in [6.07, 6.45) is -10.5. The number of carbonyl (C=O) groups excluding carboxylic acids is 1. The van der Waals surface area contributed by atoms with Crippen LogP contribution in [0, 0.1) is 11.8 Å². The largest absolute Gasteiger partial charge is 0.405 e. The van der Waals surface area contributed by atoms with Gasteiger partial charge >= 0.3 is 12.4 Å². The highest BCUT2D eigenvalue weighted by Crippen LogP contribution is 2.49. The smallest absolute Gasteiger partial charge is 0.396 e. The molecule has 1 fully saturated rings. The van der Waals surface area contributed by atoms with Crippen molar-refractivity contribution in [1.29, 1.82) is 0 Å². The first kappa shape index (κ1) is 21.6. The summed E-state index contributed by atoms with van der Waals surface area (Å²) in [5.41, 5.74) is 0.0108. The van der Waals surface area contributed by atoms with E-state index in [1.807, 2.05) is 0 Å². The SMILES string of the molecule is O=C(NCC(F)(F)F)[C@H]1[C@H](CO)[C@H]2Cn3c(cccc3=O)[C@H]2N1CCC(F)(F)F. The molecule has 0 aromatic carbocycles. The first-order valence-corrected chi connectivity index (χ1v) is 8.90. The zero-order valence-corrected chi connectivity index (χ0v) is 15.0. The average Bonchev–Trinajstić information content (AvgIpc) is 3.12. The summed E-state index contributed by atoms with van der Waals surface area (Å²) in [5, 5.41) is 11.5. The molecule has 0 bridgehead atoms. The van der Waals surface area contributed by atoms with Crippen molar-refractivity contribution in [2.24, 2.45) is 11.8 Å². The van der Waals surface area contributed by atoms with Crippen molar-refractivity contribution in [1.82, 2.24) is 14.8 Å². The molecule has 2 aliphatic rings. The van der Waals surface area contributed by atoms with E-state index in [1.165, 1.54) is 27.7 Å². The fourth-order valence-corrected chi connectivity index (χ4v) is 4.36. The van der Waals surface area contributed by atoms with Crippen LogP contribution < -0.4 is 10.9 Å². The van der Waals surface area contributed by atoms with Gasteiger partial charge in [0.15, 0.2) is 0 Å². The van der Waals surface area contributed by atoms with Crippen LogP contribution in [0.25, 0.3) is 0 Å². The summed E-state index contributed by atoms with van der Waals surface area (Å²) in [6.45, 7) is -2.82. The van der Waals surface area contributed by atoms with E-state index in [1.54, 1.807) is 5.32 Å². The first-order chi connectivity index (χ1) is 13.4. The Hall–Kier alpha value is -2.08. The molecule has 1 saturated heterocycles. The molecule has 2 N–H and O–H groups in total. The Bertz CT molecular complexity index is 822. The number of nitrogens with zero attached hydrogens (tertiary/aromatic N) is 2. The summed E-state index contributed by atoms with van der Waals surface area (Å²) >= 11 is 0. The van der Waals surface area contributed by atoms with E-state index in [0.717, 1.165) is 0 Å². The molecule has 0 spiro atoms. The van der Waals surface area contributed by atoms with E-state index >= 15 is 0 Å². The third kappa shape index (κ3) is 4.42. The van der Waals surface area contributed by atoms with Gasteiger partial charge < -0.3 is 15.0 Å². The van der Waals surface area contributed by atoms with Gasteiger partial charge in [0.1, 0.15) is 6.54 Å². The molecule has 3 rings (SSSR count). The van der Waals surface area contributed by atoms with Gasteiger partial charge in [-0.05, 0) is 6.07 Å². The van der Waals surface area contributed by atoms with Crippen molar-refractivity contribution >= 4 is 5.91 Å². The lowest BCUT2D eigenvalue weighted by molar-refractivity contribution is -0.147. The minimum atomic E-state index is -4.68. The number of hydrogen-bond donors (Lipinski definition) is 2. The van der Waals surface area contributed by atoms with E-state index in [2.05, 4.69) is 0 Å². The number of halogens is 6. The number of pyridine rings is 1. The second-order valence-electron chi connectivity index (χ2n) is 7.24. The maximum atomic E-state index is 12.8. The van der Waals surface area contributed by atoms with Gasteiger partial charge in [0.05, 0.1) is 18.5 Å². The fourth-order valence-electron chi connectivity index (χ4n) is 4.36. The first-order valence-electron chi connectivity index (χ1n) is 8.90. The number of carbonyl (C=O) groups is 1. The van der Waals surface area contributed by atoms with Gasteiger partial charge in [-0.15, -0.1) is 0 Å². The summed E-state index contributed by atoms with van der Waals surface area (Å²) in [6, 6.07) is 2.10. The van der Waals surface area contributed by atoms with Crippen LogP contribution in [0.15, 0.2) is 23.0 Å². The van der Waals surface area contributed by atoms with E-state index < -0.39 is 68.3 Å². The van der Waals surface area contributed by atoms with Crippen molar-refractivity contribution in [3.63, 3.8) is 0 Å². The Labute approximate surface area is 161 Å². The molecule has 1 aromatic heterocycles. The van der Waals surface area contributed by atoms with Crippen LogP contribution in [0.4, 0.5) is 26.3 Å². The van der Waals surface area contributed by atoms with Crippen LogP contribution in [0.3, 0.4) is 0 Å². The number of amides is 1. The highest BCUT2D eigenvalue weighted by molar-refractivity contribution is 5.82. The third-order valence-electron chi connectivity index (χ3n) is 5.45. The average molecular weight is 427 g/mol. The molecule has 3 heterocycles. The molecule has 2 aliphatic heterocycles. The molecule has 0 aliphatic carbocycles. The number of rotatable bonds is 5. The number of nitrogens with one attached hydrogen (secondary N) is 1. The van der Waals surface area contributed by atoms with Gasteiger partial charge in [-0.25, -0.2) is 0 Å². The molecule has 6 nitrogen and oxygen atoms in total. The summed E-state index contributed by atoms with van der Waals surface area (Å²) in [4.78, 5) is 25.7. The van der Waals surface area contributed by atoms with Crippen LogP contribution in [0.1, 0.15) is 18.2 Å². The summed E-state index contributed by atoms with van der Waals surface area (Å²) in [5.74, 6) is -2.59. The second-order valence-corrected chi connectivity index (χ2v) is 7.24.